The molecule has 0 spiro atoms. The molecule has 0 unspecified atom stereocenters. The molecule has 2 aliphatic rings. The van der Waals surface area contributed by atoms with E-state index in [1.807, 2.05) is 12.1 Å². The third kappa shape index (κ3) is 3.30. The Hall–Kier alpha value is -3.02. The van der Waals surface area contributed by atoms with Crippen LogP contribution in [0.15, 0.2) is 36.4 Å². The van der Waals surface area contributed by atoms with Gasteiger partial charge in [0.25, 0.3) is 11.8 Å². The Balaban J connectivity index is 1.40. The van der Waals surface area contributed by atoms with Crippen molar-refractivity contribution >= 4 is 34.3 Å². The van der Waals surface area contributed by atoms with Crippen LogP contribution in [0.3, 0.4) is 0 Å². The zero-order valence-corrected chi connectivity index (χ0v) is 15.5. The number of hydrogen-bond donors (Lipinski definition) is 0. The predicted molar refractivity (Wildman–Crippen MR) is 102 cm³/mol. The molecule has 1 aliphatic carbocycles. The highest BCUT2D eigenvalue weighted by Crippen LogP contribution is 2.30. The molecule has 1 aliphatic heterocycles. The van der Waals surface area contributed by atoms with Crippen molar-refractivity contribution in [2.24, 2.45) is 0 Å². The topological polar surface area (TPSA) is 80.8 Å². The molecular formula is C22H21NO5. The first-order valence-corrected chi connectivity index (χ1v) is 9.66. The molecule has 1 saturated carbocycles. The minimum absolute atomic E-state index is 0.0225. The van der Waals surface area contributed by atoms with Gasteiger partial charge in [0.2, 0.25) is 0 Å². The largest absolute Gasteiger partial charge is 0.454 e. The number of carbonyl (C=O) groups is 4. The van der Waals surface area contributed by atoms with Crippen LogP contribution in [-0.4, -0.2) is 41.1 Å². The van der Waals surface area contributed by atoms with E-state index in [0.29, 0.717) is 35.8 Å². The summed E-state index contributed by atoms with van der Waals surface area (Å²) < 4.78 is 5.27. The zero-order valence-electron chi connectivity index (χ0n) is 15.5. The number of carbonyl (C=O) groups excluding carboxylic acids is 4. The van der Waals surface area contributed by atoms with Crippen molar-refractivity contribution < 1.29 is 23.9 Å². The zero-order chi connectivity index (χ0) is 19.7. The summed E-state index contributed by atoms with van der Waals surface area (Å²) in [7, 11) is 0. The van der Waals surface area contributed by atoms with Crippen molar-refractivity contribution in [1.82, 2.24) is 4.90 Å². The summed E-state index contributed by atoms with van der Waals surface area (Å²) in [5.41, 5.74) is 1.01. The quantitative estimate of drug-likeness (QED) is 0.588. The van der Waals surface area contributed by atoms with Crippen LogP contribution in [0.2, 0.25) is 0 Å². The summed E-state index contributed by atoms with van der Waals surface area (Å²) in [6.45, 7) is 0.135. The summed E-state index contributed by atoms with van der Waals surface area (Å²) in [5.74, 6) is -1.17. The van der Waals surface area contributed by atoms with Crippen molar-refractivity contribution in [2.75, 3.05) is 6.54 Å². The Morgan fingerprint density at radius 2 is 1.68 bits per heavy atom. The minimum Gasteiger partial charge on any atom is -0.454 e. The van der Waals surface area contributed by atoms with Crippen LogP contribution in [0.1, 0.15) is 59.2 Å². The number of imide groups is 1. The van der Waals surface area contributed by atoms with Crippen molar-refractivity contribution in [3.63, 3.8) is 0 Å². The minimum atomic E-state index is -0.635. The van der Waals surface area contributed by atoms with E-state index < -0.39 is 12.1 Å². The smallest absolute Gasteiger partial charge is 0.306 e. The van der Waals surface area contributed by atoms with Crippen LogP contribution in [0.4, 0.5) is 0 Å². The Morgan fingerprint density at radius 1 is 1.00 bits per heavy atom. The van der Waals surface area contributed by atoms with Crippen molar-refractivity contribution in [3.05, 3.63) is 47.5 Å². The van der Waals surface area contributed by atoms with Crippen LogP contribution < -0.4 is 0 Å². The lowest BCUT2D eigenvalue weighted by molar-refractivity contribution is -0.156. The molecule has 0 saturated heterocycles. The summed E-state index contributed by atoms with van der Waals surface area (Å²) in [4.78, 5) is 50.6. The van der Waals surface area contributed by atoms with E-state index in [0.717, 1.165) is 18.2 Å². The number of rotatable bonds is 5. The number of ketones is 1. The molecule has 1 atom stereocenters. The number of hydrogen-bond acceptors (Lipinski definition) is 5. The molecule has 0 radical (unpaired) electrons. The van der Waals surface area contributed by atoms with Crippen LogP contribution in [0.25, 0.3) is 10.8 Å². The highest BCUT2D eigenvalue weighted by atomic mass is 16.5. The SMILES string of the molecule is O=C(CCCN1C(=O)c2cccc3cccc(c23)C1=O)O[C@@H]1CCCCC1=O. The second-order valence-corrected chi connectivity index (χ2v) is 7.27. The lowest BCUT2D eigenvalue weighted by atomic mass is 9.94. The Labute approximate surface area is 162 Å². The van der Waals surface area contributed by atoms with Crippen LogP contribution >= 0.6 is 0 Å². The second kappa shape index (κ2) is 7.54. The monoisotopic (exact) mass is 379 g/mol. The maximum Gasteiger partial charge on any atom is 0.306 e. The third-order valence-electron chi connectivity index (χ3n) is 5.39. The molecule has 2 aromatic carbocycles. The van der Waals surface area contributed by atoms with Gasteiger partial charge in [0, 0.05) is 35.9 Å². The number of ether oxygens (including phenoxy) is 1. The molecule has 0 aromatic heterocycles. The summed E-state index contributed by atoms with van der Waals surface area (Å²) in [5, 5.41) is 1.54. The molecule has 28 heavy (non-hydrogen) atoms. The average Bonchev–Trinajstić information content (AvgIpc) is 2.70. The lowest BCUT2D eigenvalue weighted by Gasteiger charge is -2.27. The Bertz CT molecular complexity index is 929. The Morgan fingerprint density at radius 3 is 2.32 bits per heavy atom. The molecule has 2 aromatic rings. The second-order valence-electron chi connectivity index (χ2n) is 7.27. The van der Waals surface area contributed by atoms with Crippen LogP contribution in [0, 0.1) is 0 Å². The van der Waals surface area contributed by atoms with Crippen LogP contribution in [-0.2, 0) is 14.3 Å². The van der Waals surface area contributed by atoms with Gasteiger partial charge in [0.15, 0.2) is 11.9 Å². The van der Waals surface area contributed by atoms with E-state index >= 15 is 0 Å². The maximum atomic E-state index is 12.8. The fourth-order valence-electron chi connectivity index (χ4n) is 3.96. The van der Waals surface area contributed by atoms with E-state index in [1.54, 1.807) is 24.3 Å². The van der Waals surface area contributed by atoms with Gasteiger partial charge in [-0.2, -0.15) is 0 Å². The first-order valence-electron chi connectivity index (χ1n) is 9.66. The van der Waals surface area contributed by atoms with Crippen LogP contribution in [0.5, 0.6) is 0 Å². The van der Waals surface area contributed by atoms with E-state index in [-0.39, 0.29) is 30.6 Å². The fourth-order valence-corrected chi connectivity index (χ4v) is 3.96. The molecule has 1 heterocycles. The molecule has 144 valence electrons. The maximum absolute atomic E-state index is 12.8. The standard InChI is InChI=1S/C22H21NO5/c24-17-10-1-2-11-18(17)28-19(25)12-5-13-23-21(26)15-8-3-6-14-7-4-9-16(20(14)15)22(23)27/h3-4,6-9,18H,1-2,5,10-13H2/t18-/m1/s1. The molecule has 0 bridgehead atoms. The van der Waals surface area contributed by atoms with Gasteiger partial charge in [-0.05, 0) is 43.2 Å². The Kier molecular flexibility index (Phi) is 4.94. The van der Waals surface area contributed by atoms with Crippen molar-refractivity contribution in [1.29, 1.82) is 0 Å². The van der Waals surface area contributed by atoms with Crippen molar-refractivity contribution in [2.45, 2.75) is 44.6 Å². The summed E-state index contributed by atoms with van der Waals surface area (Å²) in [6, 6.07) is 10.8. The van der Waals surface area contributed by atoms with Gasteiger partial charge in [0.05, 0.1) is 0 Å². The highest BCUT2D eigenvalue weighted by Gasteiger charge is 2.32. The fraction of sp³-hybridized carbons (Fsp3) is 0.364. The molecule has 6 heteroatoms. The van der Waals surface area contributed by atoms with E-state index in [9.17, 15) is 19.2 Å². The third-order valence-corrected chi connectivity index (χ3v) is 5.39. The van der Waals surface area contributed by atoms with E-state index in [1.165, 1.54) is 4.90 Å². The molecule has 4 rings (SSSR count). The normalized spacial score (nSPS) is 19.2. The van der Waals surface area contributed by atoms with E-state index in [4.69, 9.17) is 4.74 Å². The van der Waals surface area contributed by atoms with Gasteiger partial charge in [0.1, 0.15) is 0 Å². The number of benzene rings is 2. The lowest BCUT2D eigenvalue weighted by Crippen LogP contribution is -2.41. The highest BCUT2D eigenvalue weighted by molar-refractivity contribution is 6.25. The average molecular weight is 379 g/mol. The molecule has 0 N–H and O–H groups in total. The molecule has 2 amide bonds. The van der Waals surface area contributed by atoms with Gasteiger partial charge in [-0.15, -0.1) is 0 Å². The number of Topliss-reactive ketones (excluding diaryl/α,β-unsaturated/α-hetero) is 1. The van der Waals surface area contributed by atoms with Crippen molar-refractivity contribution in [3.8, 4) is 0 Å². The summed E-state index contributed by atoms with van der Waals surface area (Å²) >= 11 is 0. The van der Waals surface area contributed by atoms with Gasteiger partial charge < -0.3 is 4.74 Å². The van der Waals surface area contributed by atoms with Gasteiger partial charge in [-0.1, -0.05) is 24.3 Å². The molecule has 6 nitrogen and oxygen atoms in total. The first kappa shape index (κ1) is 18.3. The number of nitrogens with zero attached hydrogens (tertiary/aromatic N) is 1. The van der Waals surface area contributed by atoms with E-state index in [2.05, 4.69) is 0 Å². The number of amides is 2. The van der Waals surface area contributed by atoms with Gasteiger partial charge >= 0.3 is 5.97 Å². The van der Waals surface area contributed by atoms with Gasteiger partial charge in [-0.3, -0.25) is 24.1 Å². The van der Waals surface area contributed by atoms with Gasteiger partial charge in [-0.25, -0.2) is 0 Å². The molecular weight excluding hydrogens is 358 g/mol. The first-order chi connectivity index (χ1) is 13.6. The molecule has 1 fully saturated rings. The number of esters is 1. The summed E-state index contributed by atoms with van der Waals surface area (Å²) in [6.07, 6.45) is 2.49. The predicted octanol–water partition coefficient (Wildman–Crippen LogP) is 3.27.